The van der Waals surface area contributed by atoms with Gasteiger partial charge in [-0.2, -0.15) is 0 Å². The van der Waals surface area contributed by atoms with E-state index in [-0.39, 0.29) is 11.6 Å². The Bertz CT molecular complexity index is 725. The molecule has 110 valence electrons. The van der Waals surface area contributed by atoms with E-state index in [1.807, 2.05) is 13.0 Å². The third-order valence-electron chi connectivity index (χ3n) is 3.59. The molecule has 1 fully saturated rings. The van der Waals surface area contributed by atoms with Gasteiger partial charge in [0.15, 0.2) is 5.82 Å². The molecule has 0 bridgehead atoms. The fraction of sp³-hybridized carbons (Fsp3) is 0.333. The largest absolute Gasteiger partial charge is 0.359 e. The highest BCUT2D eigenvalue weighted by Crippen LogP contribution is 2.33. The van der Waals surface area contributed by atoms with Gasteiger partial charge in [0.1, 0.15) is 0 Å². The molecule has 0 aliphatic heterocycles. The minimum absolute atomic E-state index is 0.0862. The van der Waals surface area contributed by atoms with Gasteiger partial charge in [-0.1, -0.05) is 29.3 Å². The summed E-state index contributed by atoms with van der Waals surface area (Å²) in [5.41, 5.74) is 0.793. The van der Waals surface area contributed by atoms with E-state index < -0.39 is 0 Å². The average molecular weight is 324 g/mol. The van der Waals surface area contributed by atoms with E-state index in [1.54, 1.807) is 29.1 Å². The summed E-state index contributed by atoms with van der Waals surface area (Å²) in [6.45, 7) is 1.94. The number of hydrogen-bond acceptors (Lipinski definition) is 3. The maximum Gasteiger partial charge on any atom is 0.293 e. The Balaban J connectivity index is 1.86. The van der Waals surface area contributed by atoms with E-state index in [1.165, 1.54) is 0 Å². The molecule has 1 N–H and O–H groups in total. The number of aromatic nitrogens is 2. The molecule has 0 radical (unpaired) electrons. The summed E-state index contributed by atoms with van der Waals surface area (Å²) in [6.07, 6.45) is 5.51. The molecule has 0 saturated heterocycles. The second-order valence-electron chi connectivity index (χ2n) is 5.25. The zero-order valence-corrected chi connectivity index (χ0v) is 13.0. The molecule has 1 aromatic heterocycles. The summed E-state index contributed by atoms with van der Waals surface area (Å²) in [7, 11) is 0. The monoisotopic (exact) mass is 323 g/mol. The number of rotatable bonds is 4. The summed E-state index contributed by atoms with van der Waals surface area (Å²) in [5, 5.41) is 4.30. The molecule has 1 aliphatic carbocycles. The maximum atomic E-state index is 12.3. The van der Waals surface area contributed by atoms with Crippen LogP contribution in [0.1, 0.15) is 37.4 Å². The number of halogens is 2. The first kappa shape index (κ1) is 14.4. The lowest BCUT2D eigenvalue weighted by Gasteiger charge is -2.16. The van der Waals surface area contributed by atoms with E-state index in [9.17, 15) is 4.79 Å². The smallest absolute Gasteiger partial charge is 0.293 e. The normalized spacial score (nSPS) is 15.8. The van der Waals surface area contributed by atoms with Gasteiger partial charge < -0.3 is 9.88 Å². The molecule has 1 atom stereocenters. The Morgan fingerprint density at radius 2 is 2.14 bits per heavy atom. The zero-order chi connectivity index (χ0) is 15.0. The van der Waals surface area contributed by atoms with Crippen molar-refractivity contribution in [3.8, 4) is 0 Å². The molecule has 3 rings (SSSR count). The van der Waals surface area contributed by atoms with Crippen LogP contribution in [0, 0.1) is 0 Å². The van der Waals surface area contributed by atoms with Crippen LogP contribution in [-0.2, 0) is 0 Å². The van der Waals surface area contributed by atoms with Gasteiger partial charge in [-0.3, -0.25) is 4.79 Å². The van der Waals surface area contributed by atoms with Gasteiger partial charge >= 0.3 is 0 Å². The van der Waals surface area contributed by atoms with Crippen LogP contribution in [0.25, 0.3) is 0 Å². The van der Waals surface area contributed by atoms with Crippen LogP contribution in [0.5, 0.6) is 0 Å². The highest BCUT2D eigenvalue weighted by molar-refractivity contribution is 6.35. The van der Waals surface area contributed by atoms with Crippen molar-refractivity contribution in [2.24, 2.45) is 0 Å². The minimum atomic E-state index is -0.134. The van der Waals surface area contributed by atoms with Crippen LogP contribution in [0.15, 0.2) is 35.4 Å². The van der Waals surface area contributed by atoms with Gasteiger partial charge in [0.05, 0.1) is 6.04 Å². The molecule has 0 spiro atoms. The van der Waals surface area contributed by atoms with Crippen LogP contribution in [0.4, 0.5) is 5.82 Å². The van der Waals surface area contributed by atoms with Gasteiger partial charge in [0.2, 0.25) is 0 Å². The zero-order valence-electron chi connectivity index (χ0n) is 11.5. The molecule has 2 aromatic rings. The van der Waals surface area contributed by atoms with Crippen LogP contribution < -0.4 is 10.9 Å². The molecule has 21 heavy (non-hydrogen) atoms. The predicted molar refractivity (Wildman–Crippen MR) is 85.3 cm³/mol. The topological polar surface area (TPSA) is 46.9 Å². The standard InChI is InChI=1S/C15H15Cl2N3O/c1-9(12-5-2-10(16)8-13(12)17)19-14-15(21)20(7-6-18-14)11-3-4-11/h2,5-9,11H,3-4H2,1H3,(H,18,19). The Kier molecular flexibility index (Phi) is 3.91. The second-order valence-corrected chi connectivity index (χ2v) is 6.09. The van der Waals surface area contributed by atoms with Crippen LogP contribution >= 0.6 is 23.2 Å². The van der Waals surface area contributed by atoms with Crippen LogP contribution in [0.2, 0.25) is 10.0 Å². The van der Waals surface area contributed by atoms with Crippen molar-refractivity contribution in [3.63, 3.8) is 0 Å². The first-order valence-electron chi connectivity index (χ1n) is 6.85. The molecular weight excluding hydrogens is 309 g/mol. The van der Waals surface area contributed by atoms with Crippen molar-refractivity contribution >= 4 is 29.0 Å². The lowest BCUT2D eigenvalue weighted by atomic mass is 10.1. The third kappa shape index (κ3) is 3.06. The molecule has 1 aromatic carbocycles. The highest BCUT2D eigenvalue weighted by atomic mass is 35.5. The Morgan fingerprint density at radius 1 is 1.38 bits per heavy atom. The number of nitrogens with zero attached hydrogens (tertiary/aromatic N) is 2. The van der Waals surface area contributed by atoms with Crippen LogP contribution in [-0.4, -0.2) is 9.55 Å². The number of hydrogen-bond donors (Lipinski definition) is 1. The van der Waals surface area contributed by atoms with Gasteiger partial charge in [0, 0.05) is 28.5 Å². The summed E-state index contributed by atoms with van der Waals surface area (Å²) in [4.78, 5) is 16.5. The molecule has 6 heteroatoms. The molecule has 1 aliphatic rings. The number of benzene rings is 1. The van der Waals surface area contributed by atoms with Crippen molar-refractivity contribution in [1.82, 2.24) is 9.55 Å². The van der Waals surface area contributed by atoms with Crippen molar-refractivity contribution < 1.29 is 0 Å². The van der Waals surface area contributed by atoms with Crippen molar-refractivity contribution in [2.75, 3.05) is 5.32 Å². The number of nitrogens with one attached hydrogen (secondary N) is 1. The fourth-order valence-corrected chi connectivity index (χ4v) is 2.87. The highest BCUT2D eigenvalue weighted by Gasteiger charge is 2.25. The van der Waals surface area contributed by atoms with Crippen molar-refractivity contribution in [2.45, 2.75) is 31.8 Å². The van der Waals surface area contributed by atoms with Crippen molar-refractivity contribution in [1.29, 1.82) is 0 Å². The molecule has 1 unspecified atom stereocenters. The molecule has 4 nitrogen and oxygen atoms in total. The Hall–Kier alpha value is -1.52. The Morgan fingerprint density at radius 3 is 2.81 bits per heavy atom. The van der Waals surface area contributed by atoms with Gasteiger partial charge in [-0.05, 0) is 37.5 Å². The molecule has 1 heterocycles. The van der Waals surface area contributed by atoms with E-state index in [0.717, 1.165) is 18.4 Å². The van der Waals surface area contributed by atoms with Gasteiger partial charge in [0.25, 0.3) is 5.56 Å². The summed E-state index contributed by atoms with van der Waals surface area (Å²) in [6, 6.07) is 5.52. The quantitative estimate of drug-likeness (QED) is 0.922. The first-order chi connectivity index (χ1) is 10.1. The third-order valence-corrected chi connectivity index (χ3v) is 4.15. The molecule has 0 amide bonds. The Labute approximate surface area is 132 Å². The average Bonchev–Trinajstić information content (AvgIpc) is 3.25. The van der Waals surface area contributed by atoms with Crippen LogP contribution in [0.3, 0.4) is 0 Å². The molecule has 1 saturated carbocycles. The summed E-state index contributed by atoms with van der Waals surface area (Å²) in [5.74, 6) is 0.350. The van der Waals surface area contributed by atoms with E-state index in [0.29, 0.717) is 21.9 Å². The van der Waals surface area contributed by atoms with Gasteiger partial charge in [-0.15, -0.1) is 0 Å². The summed E-state index contributed by atoms with van der Waals surface area (Å²) < 4.78 is 1.74. The maximum absolute atomic E-state index is 12.3. The van der Waals surface area contributed by atoms with Crippen molar-refractivity contribution in [3.05, 3.63) is 56.6 Å². The van der Waals surface area contributed by atoms with E-state index >= 15 is 0 Å². The SMILES string of the molecule is CC(Nc1nccn(C2CC2)c1=O)c1ccc(Cl)cc1Cl. The lowest BCUT2D eigenvalue weighted by molar-refractivity contribution is 0.696. The van der Waals surface area contributed by atoms with E-state index in [2.05, 4.69) is 10.3 Å². The molecular formula is C15H15Cl2N3O. The van der Waals surface area contributed by atoms with E-state index in [4.69, 9.17) is 23.2 Å². The number of anilines is 1. The fourth-order valence-electron chi connectivity index (χ4n) is 2.30. The second kappa shape index (κ2) is 5.70. The summed E-state index contributed by atoms with van der Waals surface area (Å²) >= 11 is 12.1. The minimum Gasteiger partial charge on any atom is -0.359 e. The lowest BCUT2D eigenvalue weighted by Crippen LogP contribution is -2.24. The van der Waals surface area contributed by atoms with Gasteiger partial charge in [-0.25, -0.2) is 4.98 Å². The first-order valence-corrected chi connectivity index (χ1v) is 7.60. The predicted octanol–water partition coefficient (Wildman–Crippen LogP) is 4.06.